The van der Waals surface area contributed by atoms with Crippen LogP contribution in [0.1, 0.15) is 58.4 Å². The van der Waals surface area contributed by atoms with Crippen LogP contribution in [0.15, 0.2) is 30.6 Å². The first-order valence-electron chi connectivity index (χ1n) is 15.1. The molecule has 7 rings (SSSR count). The number of hydrogen-bond donors (Lipinski definition) is 3. The molecule has 3 amide bonds. The van der Waals surface area contributed by atoms with Crippen LogP contribution in [0.5, 0.6) is 0 Å². The molecule has 11 nitrogen and oxygen atoms in total. The predicted octanol–water partition coefficient (Wildman–Crippen LogP) is 3.73. The predicted molar refractivity (Wildman–Crippen MR) is 158 cm³/mol. The highest BCUT2D eigenvalue weighted by atomic mass is 35.5. The van der Waals surface area contributed by atoms with Crippen LogP contribution in [0, 0.1) is 17.8 Å². The van der Waals surface area contributed by atoms with E-state index < -0.39 is 17.8 Å². The van der Waals surface area contributed by atoms with E-state index in [0.29, 0.717) is 18.8 Å². The van der Waals surface area contributed by atoms with Crippen molar-refractivity contribution in [2.45, 2.75) is 43.9 Å². The third-order valence-electron chi connectivity index (χ3n) is 9.35. The standard InChI is InChI=1S/C30H32ClF3N8O3/c1-40-23(21-14-42(17-3-4-17)39-25(21)30(32,33)34)11-36-26(40)28(44)37-16-2-5-18(22(31)10-16)27(43)38-24-19-12-41(13-20(19)24)29(45)15-6-8-35-9-7-15/h2,5,10-11,14-15,17,19-20,24,35H,3-4,6-9,12-13H2,1H3,(H,37,44)(H,38,43)/t19-,20+,24+. The molecule has 3 N–H and O–H groups in total. The molecule has 2 aromatic heterocycles. The highest BCUT2D eigenvalue weighted by molar-refractivity contribution is 6.34. The van der Waals surface area contributed by atoms with Crippen molar-refractivity contribution in [3.8, 4) is 11.3 Å². The van der Waals surface area contributed by atoms with Gasteiger partial charge in [-0.15, -0.1) is 0 Å². The second-order valence-corrected chi connectivity index (χ2v) is 12.8. The van der Waals surface area contributed by atoms with Crippen LogP contribution >= 0.6 is 11.6 Å². The number of benzene rings is 1. The average molecular weight is 645 g/mol. The normalized spacial score (nSPS) is 23.1. The molecule has 2 saturated heterocycles. The molecule has 0 spiro atoms. The Hall–Kier alpha value is -3.91. The van der Waals surface area contributed by atoms with Crippen molar-refractivity contribution in [3.05, 3.63) is 52.7 Å². The van der Waals surface area contributed by atoms with Gasteiger partial charge in [0.05, 0.1) is 34.1 Å². The summed E-state index contributed by atoms with van der Waals surface area (Å²) in [5, 5.41) is 12.9. The third kappa shape index (κ3) is 5.69. The Morgan fingerprint density at radius 3 is 2.40 bits per heavy atom. The van der Waals surface area contributed by atoms with Crippen molar-refractivity contribution in [2.24, 2.45) is 24.8 Å². The number of piperidine rings is 2. The average Bonchev–Trinajstić information content (AvgIpc) is 3.76. The van der Waals surface area contributed by atoms with Crippen LogP contribution in [-0.2, 0) is 18.0 Å². The van der Waals surface area contributed by atoms with Crippen LogP contribution in [0.3, 0.4) is 0 Å². The number of nitrogens with zero attached hydrogens (tertiary/aromatic N) is 5. The number of alkyl halides is 3. The van der Waals surface area contributed by atoms with Crippen molar-refractivity contribution in [1.29, 1.82) is 0 Å². The Bertz CT molecular complexity index is 1660. The van der Waals surface area contributed by atoms with Gasteiger partial charge in [-0.2, -0.15) is 18.3 Å². The molecule has 0 radical (unpaired) electrons. The van der Waals surface area contributed by atoms with Gasteiger partial charge < -0.3 is 25.4 Å². The fraction of sp³-hybridized carbons (Fsp3) is 0.500. The number of hydrogen-bond acceptors (Lipinski definition) is 6. The maximum atomic E-state index is 13.7. The highest BCUT2D eigenvalue weighted by Crippen LogP contribution is 2.46. The molecule has 15 heteroatoms. The van der Waals surface area contributed by atoms with Crippen LogP contribution in [0.4, 0.5) is 18.9 Å². The van der Waals surface area contributed by atoms with Gasteiger partial charge >= 0.3 is 6.18 Å². The molecule has 4 heterocycles. The largest absolute Gasteiger partial charge is 0.435 e. The fourth-order valence-corrected chi connectivity index (χ4v) is 6.89. The minimum atomic E-state index is -4.67. The molecule has 3 atom stereocenters. The number of rotatable bonds is 7. The van der Waals surface area contributed by atoms with E-state index in [0.717, 1.165) is 38.8 Å². The van der Waals surface area contributed by atoms with Crippen molar-refractivity contribution in [2.75, 3.05) is 31.5 Å². The van der Waals surface area contributed by atoms with E-state index >= 15 is 0 Å². The monoisotopic (exact) mass is 644 g/mol. The zero-order chi connectivity index (χ0) is 31.6. The second-order valence-electron chi connectivity index (χ2n) is 12.4. The molecule has 2 saturated carbocycles. The van der Waals surface area contributed by atoms with E-state index in [4.69, 9.17) is 11.6 Å². The molecule has 4 fully saturated rings. The van der Waals surface area contributed by atoms with Gasteiger partial charge in [0, 0.05) is 55.8 Å². The van der Waals surface area contributed by atoms with Crippen molar-refractivity contribution < 1.29 is 27.6 Å². The molecule has 2 aliphatic heterocycles. The quantitative estimate of drug-likeness (QED) is 0.360. The van der Waals surface area contributed by atoms with Gasteiger partial charge in [0.25, 0.3) is 11.8 Å². The Balaban J connectivity index is 0.973. The molecule has 2 aliphatic carbocycles. The summed E-state index contributed by atoms with van der Waals surface area (Å²) in [5.74, 6) is -0.350. The summed E-state index contributed by atoms with van der Waals surface area (Å²) in [7, 11) is 1.46. The van der Waals surface area contributed by atoms with E-state index in [2.05, 4.69) is 26.0 Å². The number of imidazole rings is 1. The number of halogens is 4. The Kier molecular flexibility index (Phi) is 7.39. The lowest BCUT2D eigenvalue weighted by Gasteiger charge is -2.28. The van der Waals surface area contributed by atoms with Crippen molar-refractivity contribution in [1.82, 2.24) is 34.9 Å². The van der Waals surface area contributed by atoms with E-state index in [1.54, 1.807) is 0 Å². The zero-order valence-corrected chi connectivity index (χ0v) is 25.2. The van der Waals surface area contributed by atoms with Crippen LogP contribution in [0.2, 0.25) is 5.02 Å². The van der Waals surface area contributed by atoms with Gasteiger partial charge in [-0.1, -0.05) is 11.6 Å². The number of likely N-dealkylation sites (tertiary alicyclic amines) is 1. The first-order valence-corrected chi connectivity index (χ1v) is 15.5. The first-order chi connectivity index (χ1) is 21.5. The summed E-state index contributed by atoms with van der Waals surface area (Å²) in [5.41, 5.74) is -0.536. The highest BCUT2D eigenvalue weighted by Gasteiger charge is 2.57. The first kappa shape index (κ1) is 29.8. The molecule has 1 aromatic carbocycles. The fourth-order valence-electron chi connectivity index (χ4n) is 6.63. The van der Waals surface area contributed by atoms with Gasteiger partial charge in [0.2, 0.25) is 5.91 Å². The van der Waals surface area contributed by atoms with Crippen LogP contribution < -0.4 is 16.0 Å². The van der Waals surface area contributed by atoms with E-state index in [1.165, 1.54) is 46.9 Å². The maximum absolute atomic E-state index is 13.7. The van der Waals surface area contributed by atoms with Crippen LogP contribution in [0.25, 0.3) is 11.3 Å². The Morgan fingerprint density at radius 2 is 1.76 bits per heavy atom. The summed E-state index contributed by atoms with van der Waals surface area (Å²) in [6.45, 7) is 3.02. The number of aromatic nitrogens is 4. The summed E-state index contributed by atoms with van der Waals surface area (Å²) in [6.07, 6.45) is 1.15. The third-order valence-corrected chi connectivity index (χ3v) is 9.66. The number of nitrogens with one attached hydrogen (secondary N) is 3. The van der Waals surface area contributed by atoms with Crippen LogP contribution in [-0.4, -0.2) is 74.2 Å². The number of amides is 3. The van der Waals surface area contributed by atoms with Gasteiger partial charge in [-0.25, -0.2) is 4.98 Å². The molecule has 3 aromatic rings. The van der Waals surface area contributed by atoms with Crippen molar-refractivity contribution in [3.63, 3.8) is 0 Å². The van der Waals surface area contributed by atoms with Gasteiger partial charge in [0.1, 0.15) is 0 Å². The molecular weight excluding hydrogens is 613 g/mol. The van der Waals surface area contributed by atoms with Gasteiger partial charge in [-0.3, -0.25) is 19.1 Å². The number of carbonyl (C=O) groups is 3. The number of fused-ring (bicyclic) bond motifs is 1. The maximum Gasteiger partial charge on any atom is 0.435 e. The Morgan fingerprint density at radius 1 is 1.04 bits per heavy atom. The van der Waals surface area contributed by atoms with Crippen molar-refractivity contribution >= 4 is 35.0 Å². The van der Waals surface area contributed by atoms with E-state index in [1.807, 2.05) is 4.90 Å². The molecule has 4 aliphatic rings. The molecular formula is C30H32ClF3N8O3. The van der Waals surface area contributed by atoms with E-state index in [9.17, 15) is 27.6 Å². The summed E-state index contributed by atoms with van der Waals surface area (Å²) in [6, 6.07) is 4.39. The minimum Gasteiger partial charge on any atom is -0.349 e. The lowest BCUT2D eigenvalue weighted by atomic mass is 9.96. The molecule has 45 heavy (non-hydrogen) atoms. The zero-order valence-electron chi connectivity index (χ0n) is 24.4. The van der Waals surface area contributed by atoms with Gasteiger partial charge in [-0.05, 0) is 57.0 Å². The summed E-state index contributed by atoms with van der Waals surface area (Å²) >= 11 is 6.43. The number of anilines is 1. The summed E-state index contributed by atoms with van der Waals surface area (Å²) in [4.78, 5) is 44.9. The van der Waals surface area contributed by atoms with Gasteiger partial charge in [0.15, 0.2) is 11.5 Å². The lowest BCUT2D eigenvalue weighted by Crippen LogP contribution is -2.43. The number of carbonyl (C=O) groups excluding carboxylic acids is 3. The molecule has 0 unspecified atom stereocenters. The topological polar surface area (TPSA) is 126 Å². The SMILES string of the molecule is Cn1c(-c2cn(C3CC3)nc2C(F)(F)F)cnc1C(=O)Nc1ccc(C(=O)N[C@H]2[C@@H]3CN(C(=O)C4CCNCC4)C[C@@H]32)c(Cl)c1. The van der Waals surface area contributed by atoms with E-state index in [-0.39, 0.29) is 69.3 Å². The lowest BCUT2D eigenvalue weighted by molar-refractivity contribution is -0.141. The second kappa shape index (κ2) is 11.2. The summed E-state index contributed by atoms with van der Waals surface area (Å²) < 4.78 is 43.8. The Labute approximate surface area is 261 Å². The molecule has 0 bridgehead atoms. The molecule has 238 valence electrons. The smallest absolute Gasteiger partial charge is 0.349 e. The minimum absolute atomic E-state index is 0.0168.